The molecule has 2 N–H and O–H groups in total. The van der Waals surface area contributed by atoms with Gasteiger partial charge in [0.2, 0.25) is 5.82 Å². The molecule has 6 heteroatoms. The van der Waals surface area contributed by atoms with Gasteiger partial charge in [-0.1, -0.05) is 24.3 Å². The molecule has 0 bridgehead atoms. The van der Waals surface area contributed by atoms with E-state index >= 15 is 0 Å². The molecule has 0 saturated carbocycles. The number of rotatable bonds is 3. The summed E-state index contributed by atoms with van der Waals surface area (Å²) in [6.45, 7) is 1.68. The molecule has 140 valence electrons. The fraction of sp³-hybridized carbons (Fsp3) is 0.381. The molecule has 0 spiro atoms. The minimum atomic E-state index is -1.17. The minimum Gasteiger partial charge on any atom is -0.481 e. The molecule has 1 fully saturated rings. The van der Waals surface area contributed by atoms with E-state index in [-0.39, 0.29) is 23.4 Å². The number of nitrogens with zero attached hydrogens (tertiary/aromatic N) is 2. The Morgan fingerprint density at radius 1 is 1.15 bits per heavy atom. The summed E-state index contributed by atoms with van der Waals surface area (Å²) in [5.41, 5.74) is 7.97. The summed E-state index contributed by atoms with van der Waals surface area (Å²) in [5, 5.41) is 8.87. The van der Waals surface area contributed by atoms with E-state index in [0.29, 0.717) is 0 Å². The molecule has 0 aromatic heterocycles. The average Bonchev–Trinajstić information content (AvgIpc) is 3.04. The number of likely N-dealkylation sites (tertiary alicyclic amines) is 1. The van der Waals surface area contributed by atoms with E-state index in [1.54, 1.807) is 6.07 Å². The summed E-state index contributed by atoms with van der Waals surface area (Å²) in [4.78, 5) is 2.30. The van der Waals surface area contributed by atoms with Crippen molar-refractivity contribution in [1.82, 2.24) is 4.90 Å². The smallest absolute Gasteiger partial charge is 0.202 e. The van der Waals surface area contributed by atoms with Crippen LogP contribution in [0.2, 0.25) is 0 Å². The van der Waals surface area contributed by atoms with Crippen molar-refractivity contribution in [3.05, 3.63) is 64.7 Å². The van der Waals surface area contributed by atoms with Crippen LogP contribution in [0, 0.1) is 23.0 Å². The van der Waals surface area contributed by atoms with Crippen LogP contribution in [0.5, 0.6) is 5.75 Å². The van der Waals surface area contributed by atoms with Gasteiger partial charge < -0.3 is 10.5 Å². The highest BCUT2D eigenvalue weighted by atomic mass is 19.2. The Bertz CT molecular complexity index is 895. The Labute approximate surface area is 157 Å². The predicted octanol–water partition coefficient (Wildman–Crippen LogP) is 3.30. The van der Waals surface area contributed by atoms with E-state index in [2.05, 4.69) is 4.90 Å². The van der Waals surface area contributed by atoms with Crippen molar-refractivity contribution in [2.45, 2.75) is 37.5 Å². The first kappa shape index (κ1) is 17.9. The summed E-state index contributed by atoms with van der Waals surface area (Å²) in [7, 11) is 0. The lowest BCUT2D eigenvalue weighted by Crippen LogP contribution is -2.49. The van der Waals surface area contributed by atoms with Crippen molar-refractivity contribution in [2.75, 3.05) is 13.1 Å². The number of fused-ring (bicyclic) bond motifs is 1. The molecule has 3 atom stereocenters. The summed E-state index contributed by atoms with van der Waals surface area (Å²) < 4.78 is 34.5. The highest BCUT2D eigenvalue weighted by Crippen LogP contribution is 2.39. The van der Waals surface area contributed by atoms with E-state index in [4.69, 9.17) is 15.7 Å². The number of halogens is 2. The molecule has 27 heavy (non-hydrogen) atoms. The third kappa shape index (κ3) is 3.29. The Morgan fingerprint density at radius 2 is 1.96 bits per heavy atom. The van der Waals surface area contributed by atoms with Crippen LogP contribution >= 0.6 is 0 Å². The van der Waals surface area contributed by atoms with Gasteiger partial charge in [-0.25, -0.2) is 4.39 Å². The second kappa shape index (κ2) is 7.26. The quantitative estimate of drug-likeness (QED) is 0.902. The standard InChI is InChI=1S/C21H21F2N3O/c22-19-14(11-24)7-8-18(20(19)23)27-21-16-6-2-1-4-13(16)10-17(21)26-9-3-5-15(25)12-26/h1-2,4,6-8,15,17,21H,3,5,9-10,12,25H2/t15-,17+,21+/m0/s1. The minimum absolute atomic E-state index is 0.0202. The molecule has 4 rings (SSSR count). The Kier molecular flexibility index (Phi) is 4.81. The van der Waals surface area contributed by atoms with Gasteiger partial charge in [-0.2, -0.15) is 9.65 Å². The van der Waals surface area contributed by atoms with Crippen LogP contribution in [0.25, 0.3) is 0 Å². The molecule has 1 heterocycles. The third-order valence-corrected chi connectivity index (χ3v) is 5.52. The average molecular weight is 369 g/mol. The van der Waals surface area contributed by atoms with Gasteiger partial charge in [0.25, 0.3) is 0 Å². The summed E-state index contributed by atoms with van der Waals surface area (Å²) >= 11 is 0. The molecular formula is C21H21F2N3O. The van der Waals surface area contributed by atoms with Crippen LogP contribution in [0.3, 0.4) is 0 Å². The maximum Gasteiger partial charge on any atom is 0.202 e. The van der Waals surface area contributed by atoms with Crippen molar-refractivity contribution in [3.8, 4) is 11.8 Å². The molecule has 4 nitrogen and oxygen atoms in total. The summed E-state index contributed by atoms with van der Waals surface area (Å²) in [6.07, 6.45) is 2.39. The van der Waals surface area contributed by atoms with Gasteiger partial charge in [0.05, 0.1) is 11.6 Å². The van der Waals surface area contributed by atoms with Crippen molar-refractivity contribution in [3.63, 3.8) is 0 Å². The van der Waals surface area contributed by atoms with Crippen molar-refractivity contribution in [1.29, 1.82) is 5.26 Å². The van der Waals surface area contributed by atoms with E-state index in [9.17, 15) is 8.78 Å². The Morgan fingerprint density at radius 3 is 2.74 bits per heavy atom. The van der Waals surface area contributed by atoms with Gasteiger partial charge in [-0.05, 0) is 49.1 Å². The first-order chi connectivity index (χ1) is 13.1. The molecular weight excluding hydrogens is 348 g/mol. The van der Waals surface area contributed by atoms with Crippen LogP contribution in [-0.4, -0.2) is 30.1 Å². The molecule has 1 aliphatic carbocycles. The normalized spacial score (nSPS) is 25.0. The zero-order chi connectivity index (χ0) is 19.0. The van der Waals surface area contributed by atoms with Gasteiger partial charge in [-0.3, -0.25) is 4.90 Å². The predicted molar refractivity (Wildman–Crippen MR) is 97.2 cm³/mol. The number of ether oxygens (including phenoxy) is 1. The third-order valence-electron chi connectivity index (χ3n) is 5.52. The van der Waals surface area contributed by atoms with Crippen molar-refractivity contribution in [2.24, 2.45) is 5.73 Å². The number of benzene rings is 2. The highest BCUT2D eigenvalue weighted by Gasteiger charge is 2.39. The fourth-order valence-electron chi connectivity index (χ4n) is 4.19. The van der Waals surface area contributed by atoms with Gasteiger partial charge in [0, 0.05) is 12.6 Å². The number of nitriles is 1. The second-order valence-electron chi connectivity index (χ2n) is 7.26. The van der Waals surface area contributed by atoms with E-state index in [1.165, 1.54) is 12.1 Å². The molecule has 0 radical (unpaired) electrons. The lowest BCUT2D eigenvalue weighted by molar-refractivity contribution is 0.0566. The highest BCUT2D eigenvalue weighted by molar-refractivity contribution is 5.41. The van der Waals surface area contributed by atoms with E-state index in [1.807, 2.05) is 24.3 Å². The molecule has 2 aliphatic rings. The SMILES string of the molecule is N#Cc1ccc(O[C@@H]2c3ccccc3C[C@H]2N2CCC[C@H](N)C2)c(F)c1F. The van der Waals surface area contributed by atoms with E-state index in [0.717, 1.165) is 43.5 Å². The molecule has 1 saturated heterocycles. The molecule has 1 aliphatic heterocycles. The summed E-state index contributed by atoms with van der Waals surface area (Å²) in [6, 6.07) is 12.3. The molecule has 0 unspecified atom stereocenters. The van der Waals surface area contributed by atoms with E-state index < -0.39 is 17.7 Å². The first-order valence-corrected chi connectivity index (χ1v) is 9.20. The monoisotopic (exact) mass is 369 g/mol. The second-order valence-corrected chi connectivity index (χ2v) is 7.26. The van der Waals surface area contributed by atoms with Crippen LogP contribution in [0.4, 0.5) is 8.78 Å². The Hall–Kier alpha value is -2.49. The maximum atomic E-state index is 14.4. The van der Waals surface area contributed by atoms with Crippen molar-refractivity contribution >= 4 is 0 Å². The fourth-order valence-corrected chi connectivity index (χ4v) is 4.19. The number of nitrogens with two attached hydrogens (primary N) is 1. The summed E-state index contributed by atoms with van der Waals surface area (Å²) in [5.74, 6) is -2.45. The number of piperidine rings is 1. The largest absolute Gasteiger partial charge is 0.481 e. The van der Waals surface area contributed by atoms with Gasteiger partial charge >= 0.3 is 0 Å². The van der Waals surface area contributed by atoms with Crippen molar-refractivity contribution < 1.29 is 13.5 Å². The van der Waals surface area contributed by atoms with Gasteiger partial charge in [0.15, 0.2) is 11.6 Å². The Balaban J connectivity index is 1.67. The van der Waals surface area contributed by atoms with Gasteiger partial charge in [-0.15, -0.1) is 0 Å². The van der Waals surface area contributed by atoms with Crippen LogP contribution in [0.1, 0.15) is 35.6 Å². The lowest BCUT2D eigenvalue weighted by atomic mass is 10.0. The van der Waals surface area contributed by atoms with Gasteiger partial charge in [0.1, 0.15) is 12.2 Å². The van der Waals surface area contributed by atoms with Crippen LogP contribution in [-0.2, 0) is 6.42 Å². The topological polar surface area (TPSA) is 62.3 Å². The molecule has 2 aromatic carbocycles. The zero-order valence-electron chi connectivity index (χ0n) is 14.9. The van der Waals surface area contributed by atoms with Crippen LogP contribution < -0.4 is 10.5 Å². The first-order valence-electron chi connectivity index (χ1n) is 9.20. The maximum absolute atomic E-state index is 14.4. The molecule has 2 aromatic rings. The number of hydrogen-bond donors (Lipinski definition) is 1. The van der Waals surface area contributed by atoms with Crippen LogP contribution in [0.15, 0.2) is 36.4 Å². The zero-order valence-corrected chi connectivity index (χ0v) is 14.9. The lowest BCUT2D eigenvalue weighted by Gasteiger charge is -2.38. The molecule has 0 amide bonds. The number of hydrogen-bond acceptors (Lipinski definition) is 4.